The van der Waals surface area contributed by atoms with Gasteiger partial charge in [0.2, 0.25) is 0 Å². The van der Waals surface area contributed by atoms with Crippen molar-refractivity contribution in [2.24, 2.45) is 0 Å². The van der Waals surface area contributed by atoms with Gasteiger partial charge in [-0.1, -0.05) is 28.1 Å². The van der Waals surface area contributed by atoms with E-state index in [1.54, 1.807) is 0 Å². The molecule has 2 aromatic heterocycles. The van der Waals surface area contributed by atoms with Gasteiger partial charge in [0, 0.05) is 10.0 Å². The summed E-state index contributed by atoms with van der Waals surface area (Å²) < 4.78 is 2.46. The summed E-state index contributed by atoms with van der Waals surface area (Å²) >= 11 is 3.39. The second kappa shape index (κ2) is 3.64. The molecule has 0 aliphatic heterocycles. The van der Waals surface area contributed by atoms with E-state index in [4.69, 9.17) is 0 Å². The molecule has 0 saturated carbocycles. The van der Waals surface area contributed by atoms with Crippen LogP contribution >= 0.6 is 15.9 Å². The minimum Gasteiger partial charge on any atom is -0.147 e. The highest BCUT2D eigenvalue weighted by molar-refractivity contribution is 9.10. The third-order valence-electron chi connectivity index (χ3n) is 2.21. The lowest BCUT2D eigenvalue weighted by Gasteiger charge is -2.00. The van der Waals surface area contributed by atoms with Gasteiger partial charge >= 0.3 is 0 Å². The van der Waals surface area contributed by atoms with E-state index in [0.717, 1.165) is 15.7 Å². The van der Waals surface area contributed by atoms with Gasteiger partial charge in [0.1, 0.15) is 0 Å². The van der Waals surface area contributed by atoms with Crippen LogP contribution in [0.3, 0.4) is 0 Å². The zero-order valence-corrected chi connectivity index (χ0v) is 9.66. The monoisotopic (exact) mass is 275 g/mol. The van der Waals surface area contributed by atoms with Crippen LogP contribution in [0.4, 0.5) is 0 Å². The normalized spacial score (nSPS) is 10.8. The van der Waals surface area contributed by atoms with Crippen LogP contribution in [0.5, 0.6) is 0 Å². The molecule has 0 aliphatic rings. The minimum atomic E-state index is 0.640. The van der Waals surface area contributed by atoms with E-state index >= 15 is 0 Å². The van der Waals surface area contributed by atoms with Gasteiger partial charge in [-0.25, -0.2) is 0 Å². The summed E-state index contributed by atoms with van der Waals surface area (Å²) in [5, 5.41) is 15.4. The van der Waals surface area contributed by atoms with Gasteiger partial charge < -0.3 is 0 Å². The van der Waals surface area contributed by atoms with Gasteiger partial charge in [-0.3, -0.25) is 0 Å². The quantitative estimate of drug-likeness (QED) is 0.681. The second-order valence-electron chi connectivity index (χ2n) is 3.25. The Bertz CT molecular complexity index is 631. The lowest BCUT2D eigenvalue weighted by Crippen LogP contribution is -1.95. The summed E-state index contributed by atoms with van der Waals surface area (Å²) in [5.41, 5.74) is 2.51. The fourth-order valence-electron chi connectivity index (χ4n) is 1.42. The summed E-state index contributed by atoms with van der Waals surface area (Å²) in [6, 6.07) is 11.7. The zero-order valence-electron chi connectivity index (χ0n) is 8.08. The number of benzene rings is 1. The van der Waals surface area contributed by atoms with Gasteiger partial charge in [-0.2, -0.15) is 0 Å². The Kier molecular flexibility index (Phi) is 2.14. The molecule has 0 N–H and O–H groups in total. The molecule has 0 atom stereocenters. The zero-order chi connectivity index (χ0) is 11.0. The van der Waals surface area contributed by atoms with Crippen LogP contribution in [0, 0.1) is 0 Å². The average molecular weight is 276 g/mol. The van der Waals surface area contributed by atoms with E-state index < -0.39 is 0 Å². The molecule has 0 amide bonds. The van der Waals surface area contributed by atoms with Crippen LogP contribution in [0.25, 0.3) is 16.9 Å². The van der Waals surface area contributed by atoms with E-state index in [1.807, 2.05) is 36.4 Å². The Hall–Kier alpha value is -1.82. The Morgan fingerprint density at radius 2 is 1.81 bits per heavy atom. The van der Waals surface area contributed by atoms with Crippen molar-refractivity contribution in [1.82, 2.24) is 25.3 Å². The first-order valence-corrected chi connectivity index (χ1v) is 5.43. The standard InChI is InChI=1S/C10H6BrN5/c11-8-3-1-7(2-4-8)9-5-6-10-12-14-15-16(10)13-9/h1-6H. The maximum absolute atomic E-state index is 4.30. The van der Waals surface area contributed by atoms with Crippen molar-refractivity contribution in [3.8, 4) is 11.3 Å². The van der Waals surface area contributed by atoms with Crippen LogP contribution in [-0.2, 0) is 0 Å². The topological polar surface area (TPSA) is 56.0 Å². The van der Waals surface area contributed by atoms with Gasteiger partial charge in [-0.15, -0.1) is 14.8 Å². The van der Waals surface area contributed by atoms with E-state index in [9.17, 15) is 0 Å². The molecule has 0 bridgehead atoms. The molecule has 5 nitrogen and oxygen atoms in total. The molecule has 0 radical (unpaired) electrons. The summed E-state index contributed by atoms with van der Waals surface area (Å²) in [4.78, 5) is 0. The lowest BCUT2D eigenvalue weighted by atomic mass is 10.1. The molecule has 16 heavy (non-hydrogen) atoms. The number of aromatic nitrogens is 5. The van der Waals surface area contributed by atoms with E-state index in [-0.39, 0.29) is 0 Å². The molecule has 1 aromatic carbocycles. The first kappa shape index (κ1) is 9.41. The van der Waals surface area contributed by atoms with Gasteiger partial charge in [-0.05, 0) is 34.7 Å². The molecule has 78 valence electrons. The lowest BCUT2D eigenvalue weighted by molar-refractivity contribution is 0.736. The molecule has 0 fully saturated rings. The van der Waals surface area contributed by atoms with Crippen LogP contribution in [0.15, 0.2) is 40.9 Å². The molecule has 3 aromatic rings. The van der Waals surface area contributed by atoms with Crippen LogP contribution in [0.1, 0.15) is 0 Å². The predicted octanol–water partition coefficient (Wildman–Crippen LogP) is 1.95. The maximum atomic E-state index is 4.30. The van der Waals surface area contributed by atoms with Crippen LogP contribution < -0.4 is 0 Å². The molecule has 0 aliphatic carbocycles. The highest BCUT2D eigenvalue weighted by atomic mass is 79.9. The molecule has 0 saturated heterocycles. The number of hydrogen-bond donors (Lipinski definition) is 0. The Morgan fingerprint density at radius 1 is 1.00 bits per heavy atom. The third kappa shape index (κ3) is 1.57. The van der Waals surface area contributed by atoms with Crippen molar-refractivity contribution in [2.45, 2.75) is 0 Å². The number of tetrazole rings is 1. The summed E-state index contributed by atoms with van der Waals surface area (Å²) in [6.45, 7) is 0. The first-order valence-electron chi connectivity index (χ1n) is 4.64. The fraction of sp³-hybridized carbons (Fsp3) is 0. The number of rotatable bonds is 1. The molecule has 2 heterocycles. The summed E-state index contributed by atoms with van der Waals surface area (Å²) in [7, 11) is 0. The molecular weight excluding hydrogens is 270 g/mol. The number of nitrogens with zero attached hydrogens (tertiary/aromatic N) is 5. The number of halogens is 1. The first-order chi connectivity index (χ1) is 7.83. The minimum absolute atomic E-state index is 0.640. The fourth-order valence-corrected chi connectivity index (χ4v) is 1.69. The largest absolute Gasteiger partial charge is 0.200 e. The molecule has 0 unspecified atom stereocenters. The molecule has 6 heteroatoms. The van der Waals surface area contributed by atoms with E-state index in [1.165, 1.54) is 4.63 Å². The highest BCUT2D eigenvalue weighted by Crippen LogP contribution is 2.19. The van der Waals surface area contributed by atoms with Crippen molar-refractivity contribution >= 4 is 21.6 Å². The van der Waals surface area contributed by atoms with Crippen molar-refractivity contribution in [1.29, 1.82) is 0 Å². The Balaban J connectivity index is 2.14. The molecule has 0 spiro atoms. The maximum Gasteiger partial charge on any atom is 0.200 e. The Labute approximate surface area is 99.2 Å². The highest BCUT2D eigenvalue weighted by Gasteiger charge is 2.02. The van der Waals surface area contributed by atoms with Gasteiger partial charge in [0.05, 0.1) is 5.69 Å². The second-order valence-corrected chi connectivity index (χ2v) is 4.17. The van der Waals surface area contributed by atoms with Crippen molar-refractivity contribution in [2.75, 3.05) is 0 Å². The summed E-state index contributed by atoms with van der Waals surface area (Å²) in [6.07, 6.45) is 0. The van der Waals surface area contributed by atoms with Gasteiger partial charge in [0.15, 0.2) is 5.65 Å². The Morgan fingerprint density at radius 3 is 2.62 bits per heavy atom. The third-order valence-corrected chi connectivity index (χ3v) is 2.74. The number of hydrogen-bond acceptors (Lipinski definition) is 4. The van der Waals surface area contributed by atoms with Crippen molar-refractivity contribution in [3.63, 3.8) is 0 Å². The smallest absolute Gasteiger partial charge is 0.147 e. The molecular formula is C10H6BrN5. The van der Waals surface area contributed by atoms with Crippen molar-refractivity contribution < 1.29 is 0 Å². The van der Waals surface area contributed by atoms with Gasteiger partial charge in [0.25, 0.3) is 0 Å². The average Bonchev–Trinajstić information content (AvgIpc) is 2.77. The molecule has 3 rings (SSSR count). The number of fused-ring (bicyclic) bond motifs is 1. The van der Waals surface area contributed by atoms with E-state index in [0.29, 0.717) is 5.65 Å². The predicted molar refractivity (Wildman–Crippen MR) is 61.7 cm³/mol. The SMILES string of the molecule is Brc1ccc(-c2ccc3nnnn3n2)cc1. The van der Waals surface area contributed by atoms with E-state index in [2.05, 4.69) is 36.6 Å². The van der Waals surface area contributed by atoms with Crippen molar-refractivity contribution in [3.05, 3.63) is 40.9 Å². The van der Waals surface area contributed by atoms with Crippen LogP contribution in [-0.4, -0.2) is 25.3 Å². The summed E-state index contributed by atoms with van der Waals surface area (Å²) in [5.74, 6) is 0. The van der Waals surface area contributed by atoms with Crippen LogP contribution in [0.2, 0.25) is 0 Å².